The topological polar surface area (TPSA) is 54.2 Å². The molecule has 0 amide bonds. The van der Waals surface area contributed by atoms with Gasteiger partial charge in [0, 0.05) is 18.1 Å². The van der Waals surface area contributed by atoms with Crippen molar-refractivity contribution in [3.05, 3.63) is 34.6 Å². The van der Waals surface area contributed by atoms with E-state index in [1.54, 1.807) is 0 Å². The molecule has 1 fully saturated rings. The molecule has 21 heavy (non-hydrogen) atoms. The Morgan fingerprint density at radius 1 is 1.19 bits per heavy atom. The van der Waals surface area contributed by atoms with Crippen LogP contribution in [0.25, 0.3) is 5.69 Å². The van der Waals surface area contributed by atoms with Gasteiger partial charge < -0.3 is 10.0 Å². The Morgan fingerprint density at radius 3 is 2.57 bits per heavy atom. The maximum absolute atomic E-state index is 9.66. The van der Waals surface area contributed by atoms with Gasteiger partial charge in [-0.15, -0.1) is 10.2 Å². The van der Waals surface area contributed by atoms with E-state index in [9.17, 15) is 5.11 Å². The van der Waals surface area contributed by atoms with Gasteiger partial charge in [-0.1, -0.05) is 11.6 Å². The van der Waals surface area contributed by atoms with Crippen molar-refractivity contribution in [3.63, 3.8) is 0 Å². The Labute approximate surface area is 129 Å². The number of benzene rings is 1. The summed E-state index contributed by atoms with van der Waals surface area (Å²) in [6.45, 7) is 5.58. The lowest BCUT2D eigenvalue weighted by Crippen LogP contribution is -2.37. The summed E-state index contributed by atoms with van der Waals surface area (Å²) in [5, 5.41) is 18.9. The second-order valence-corrected chi connectivity index (χ2v) is 5.97. The molecular formula is C15H19ClN4O. The number of hydrogen-bond donors (Lipinski definition) is 1. The molecule has 1 saturated heterocycles. The SMILES string of the molecule is Cc1cc(Cl)ccc1-n1c(C)nnc1N1CCC(O)CC1. The van der Waals surface area contributed by atoms with Crippen LogP contribution in [0.5, 0.6) is 0 Å². The third-order valence-electron chi connectivity index (χ3n) is 3.95. The lowest BCUT2D eigenvalue weighted by molar-refractivity contribution is 0.145. The van der Waals surface area contributed by atoms with Crippen molar-refractivity contribution in [2.75, 3.05) is 18.0 Å². The lowest BCUT2D eigenvalue weighted by atomic mass is 10.1. The summed E-state index contributed by atoms with van der Waals surface area (Å²) in [6.07, 6.45) is 1.34. The molecule has 0 unspecified atom stereocenters. The number of nitrogens with zero attached hydrogens (tertiary/aromatic N) is 4. The predicted molar refractivity (Wildman–Crippen MR) is 83.3 cm³/mol. The van der Waals surface area contributed by atoms with E-state index < -0.39 is 0 Å². The number of anilines is 1. The molecule has 0 radical (unpaired) electrons. The summed E-state index contributed by atoms with van der Waals surface area (Å²) < 4.78 is 2.06. The van der Waals surface area contributed by atoms with Crippen LogP contribution in [0, 0.1) is 13.8 Å². The van der Waals surface area contributed by atoms with E-state index in [-0.39, 0.29) is 6.10 Å². The van der Waals surface area contributed by atoms with Crippen molar-refractivity contribution in [3.8, 4) is 5.69 Å². The molecule has 1 aromatic carbocycles. The molecule has 0 saturated carbocycles. The minimum Gasteiger partial charge on any atom is -0.393 e. The molecule has 6 heteroatoms. The van der Waals surface area contributed by atoms with Gasteiger partial charge in [-0.05, 0) is 50.5 Å². The second-order valence-electron chi connectivity index (χ2n) is 5.53. The number of hydrogen-bond acceptors (Lipinski definition) is 4. The average molecular weight is 307 g/mol. The molecule has 0 atom stereocenters. The first-order chi connectivity index (χ1) is 10.1. The van der Waals surface area contributed by atoms with Crippen LogP contribution in [0.15, 0.2) is 18.2 Å². The lowest BCUT2D eigenvalue weighted by Gasteiger charge is -2.30. The van der Waals surface area contributed by atoms with Crippen molar-refractivity contribution in [1.82, 2.24) is 14.8 Å². The summed E-state index contributed by atoms with van der Waals surface area (Å²) in [5.74, 6) is 1.69. The first-order valence-electron chi connectivity index (χ1n) is 7.18. The van der Waals surface area contributed by atoms with E-state index in [2.05, 4.69) is 19.7 Å². The third kappa shape index (κ3) is 2.76. The van der Waals surface area contributed by atoms with E-state index in [1.807, 2.05) is 32.0 Å². The molecule has 0 bridgehead atoms. The van der Waals surface area contributed by atoms with E-state index in [1.165, 1.54) is 0 Å². The number of piperidine rings is 1. The smallest absolute Gasteiger partial charge is 0.231 e. The molecule has 112 valence electrons. The van der Waals surface area contributed by atoms with Gasteiger partial charge in [-0.25, -0.2) is 0 Å². The van der Waals surface area contributed by atoms with Crippen LogP contribution in [0.2, 0.25) is 5.02 Å². The van der Waals surface area contributed by atoms with Gasteiger partial charge in [0.2, 0.25) is 5.95 Å². The van der Waals surface area contributed by atoms with Crippen LogP contribution < -0.4 is 4.90 Å². The molecule has 1 aromatic heterocycles. The van der Waals surface area contributed by atoms with E-state index in [0.29, 0.717) is 0 Å². The first-order valence-corrected chi connectivity index (χ1v) is 7.55. The van der Waals surface area contributed by atoms with E-state index in [4.69, 9.17) is 11.6 Å². The van der Waals surface area contributed by atoms with Crippen LogP contribution in [-0.4, -0.2) is 39.1 Å². The molecule has 0 aliphatic carbocycles. The monoisotopic (exact) mass is 306 g/mol. The molecule has 0 spiro atoms. The standard InChI is InChI=1S/C15H19ClN4O/c1-10-9-12(16)3-4-14(10)20-11(2)17-18-15(20)19-7-5-13(21)6-8-19/h3-4,9,13,21H,5-8H2,1-2H3. The van der Waals surface area contributed by atoms with Gasteiger partial charge in [0.1, 0.15) is 5.82 Å². The molecule has 2 heterocycles. The fourth-order valence-electron chi connectivity index (χ4n) is 2.77. The highest BCUT2D eigenvalue weighted by Crippen LogP contribution is 2.26. The van der Waals surface area contributed by atoms with Gasteiger partial charge >= 0.3 is 0 Å². The Morgan fingerprint density at radius 2 is 1.90 bits per heavy atom. The van der Waals surface area contributed by atoms with Crippen LogP contribution in [0.4, 0.5) is 5.95 Å². The number of halogens is 1. The highest BCUT2D eigenvalue weighted by Gasteiger charge is 2.23. The van der Waals surface area contributed by atoms with Crippen molar-refractivity contribution in [2.45, 2.75) is 32.8 Å². The number of aliphatic hydroxyl groups is 1. The number of aliphatic hydroxyl groups excluding tert-OH is 1. The Bertz CT molecular complexity index is 647. The predicted octanol–water partition coefficient (Wildman–Crippen LogP) is 2.50. The Hall–Kier alpha value is -1.59. The van der Waals surface area contributed by atoms with Crippen molar-refractivity contribution >= 4 is 17.5 Å². The third-order valence-corrected chi connectivity index (χ3v) is 4.19. The van der Waals surface area contributed by atoms with Crippen LogP contribution in [0.3, 0.4) is 0 Å². The van der Waals surface area contributed by atoms with Crippen molar-refractivity contribution in [1.29, 1.82) is 0 Å². The summed E-state index contributed by atoms with van der Waals surface area (Å²) in [6, 6.07) is 5.82. The molecule has 5 nitrogen and oxygen atoms in total. The second kappa shape index (κ2) is 5.66. The highest BCUT2D eigenvalue weighted by molar-refractivity contribution is 6.30. The minimum atomic E-state index is -0.198. The fraction of sp³-hybridized carbons (Fsp3) is 0.467. The molecule has 2 aromatic rings. The Kier molecular flexibility index (Phi) is 3.87. The number of aromatic nitrogens is 3. The zero-order valence-corrected chi connectivity index (χ0v) is 13.0. The van der Waals surface area contributed by atoms with Gasteiger partial charge in [-0.3, -0.25) is 4.57 Å². The van der Waals surface area contributed by atoms with Crippen molar-refractivity contribution in [2.24, 2.45) is 0 Å². The zero-order valence-electron chi connectivity index (χ0n) is 12.3. The molecular weight excluding hydrogens is 288 g/mol. The quantitative estimate of drug-likeness (QED) is 0.926. The van der Waals surface area contributed by atoms with Crippen molar-refractivity contribution < 1.29 is 5.11 Å². The van der Waals surface area contributed by atoms with Gasteiger partial charge in [0.05, 0.1) is 11.8 Å². The zero-order chi connectivity index (χ0) is 15.0. The Balaban J connectivity index is 2.01. The van der Waals surface area contributed by atoms with Gasteiger partial charge in [-0.2, -0.15) is 0 Å². The first kappa shape index (κ1) is 14.4. The minimum absolute atomic E-state index is 0.198. The number of aryl methyl sites for hydroxylation is 2. The maximum atomic E-state index is 9.66. The highest BCUT2D eigenvalue weighted by atomic mass is 35.5. The molecule has 1 aliphatic rings. The summed E-state index contributed by atoms with van der Waals surface area (Å²) in [5.41, 5.74) is 2.13. The van der Waals surface area contributed by atoms with E-state index >= 15 is 0 Å². The van der Waals surface area contributed by atoms with Gasteiger partial charge in [0.25, 0.3) is 0 Å². The largest absolute Gasteiger partial charge is 0.393 e. The average Bonchev–Trinajstić information content (AvgIpc) is 2.82. The van der Waals surface area contributed by atoms with Gasteiger partial charge in [0.15, 0.2) is 0 Å². The fourth-order valence-corrected chi connectivity index (χ4v) is 3.00. The maximum Gasteiger partial charge on any atom is 0.231 e. The summed E-state index contributed by atoms with van der Waals surface area (Å²) in [4.78, 5) is 2.18. The van der Waals surface area contributed by atoms with Crippen LogP contribution in [-0.2, 0) is 0 Å². The van der Waals surface area contributed by atoms with E-state index in [0.717, 1.165) is 54.0 Å². The summed E-state index contributed by atoms with van der Waals surface area (Å²) in [7, 11) is 0. The normalized spacial score (nSPS) is 16.5. The molecule has 1 N–H and O–H groups in total. The summed E-state index contributed by atoms with van der Waals surface area (Å²) >= 11 is 6.04. The molecule has 3 rings (SSSR count). The van der Waals surface area contributed by atoms with Crippen LogP contribution in [0.1, 0.15) is 24.2 Å². The number of rotatable bonds is 2. The van der Waals surface area contributed by atoms with Crippen LogP contribution >= 0.6 is 11.6 Å². The molecule has 1 aliphatic heterocycles.